The summed E-state index contributed by atoms with van der Waals surface area (Å²) in [5, 5.41) is 17.7. The largest absolute Gasteiger partial charge is 0.504 e. The minimum Gasteiger partial charge on any atom is -0.504 e. The molecule has 1 aliphatic rings. The fourth-order valence-electron chi connectivity index (χ4n) is 4.58. The van der Waals surface area contributed by atoms with Crippen molar-refractivity contribution in [1.82, 2.24) is 20.4 Å². The van der Waals surface area contributed by atoms with Crippen molar-refractivity contribution >= 4 is 11.6 Å². The molecule has 0 radical (unpaired) electrons. The lowest BCUT2D eigenvalue weighted by molar-refractivity contribution is 0.205. The van der Waals surface area contributed by atoms with Gasteiger partial charge in [0.15, 0.2) is 11.5 Å². The first kappa shape index (κ1) is 24.1. The maximum Gasteiger partial charge on any atom is 0.322 e. The van der Waals surface area contributed by atoms with Gasteiger partial charge in [-0.1, -0.05) is 65.3 Å². The van der Waals surface area contributed by atoms with Gasteiger partial charge in [-0.25, -0.2) is 4.79 Å². The Balaban J connectivity index is 1.56. The van der Waals surface area contributed by atoms with Crippen LogP contribution in [-0.4, -0.2) is 39.8 Å². The molecule has 3 aromatic carbocycles. The van der Waals surface area contributed by atoms with Crippen LogP contribution in [0.1, 0.15) is 35.5 Å². The van der Waals surface area contributed by atoms with E-state index in [1.807, 2.05) is 68.4 Å². The van der Waals surface area contributed by atoms with Crippen molar-refractivity contribution in [2.75, 3.05) is 13.7 Å². The second kappa shape index (κ2) is 10.2. The van der Waals surface area contributed by atoms with Gasteiger partial charge in [-0.05, 0) is 49.6 Å². The summed E-state index contributed by atoms with van der Waals surface area (Å²) in [6, 6.07) is 22.1. The topological polar surface area (TPSA) is 101 Å². The third-order valence-electron chi connectivity index (χ3n) is 6.53. The predicted octanol–water partition coefficient (Wildman–Crippen LogP) is 5.50. The van der Waals surface area contributed by atoms with Crippen LogP contribution >= 0.6 is 0 Å². The van der Waals surface area contributed by atoms with Crippen LogP contribution in [0.25, 0.3) is 17.0 Å². The Morgan fingerprint density at radius 1 is 1.05 bits per heavy atom. The minimum absolute atomic E-state index is 0.0243. The SMILES string of the molecule is COc1ccc(C2NC(=O)N(CCc3ccccc3)C(C)=C2c2nc(-c3cccc(C)c3)no2)cc1O. The highest BCUT2D eigenvalue weighted by Gasteiger charge is 2.36. The molecule has 4 aromatic rings. The van der Waals surface area contributed by atoms with Crippen LogP contribution in [0.4, 0.5) is 4.79 Å². The molecule has 1 aromatic heterocycles. The molecule has 2 heterocycles. The smallest absolute Gasteiger partial charge is 0.322 e. The summed E-state index contributed by atoms with van der Waals surface area (Å²) in [5.74, 6) is 1.09. The molecule has 0 aliphatic carbocycles. The fourth-order valence-corrected chi connectivity index (χ4v) is 4.58. The Morgan fingerprint density at radius 3 is 2.59 bits per heavy atom. The van der Waals surface area contributed by atoms with Gasteiger partial charge in [0, 0.05) is 17.8 Å². The lowest BCUT2D eigenvalue weighted by atomic mass is 9.94. The number of phenols is 1. The molecular formula is C29H28N4O4. The van der Waals surface area contributed by atoms with E-state index in [-0.39, 0.29) is 11.8 Å². The third kappa shape index (κ3) is 4.91. The number of ether oxygens (including phenoxy) is 1. The van der Waals surface area contributed by atoms with Gasteiger partial charge in [0.25, 0.3) is 5.89 Å². The van der Waals surface area contributed by atoms with Gasteiger partial charge >= 0.3 is 6.03 Å². The zero-order valence-electron chi connectivity index (χ0n) is 20.9. The number of carbonyl (C=O) groups excluding carboxylic acids is 1. The molecule has 0 spiro atoms. The lowest BCUT2D eigenvalue weighted by Crippen LogP contribution is -2.46. The summed E-state index contributed by atoms with van der Waals surface area (Å²) in [6.45, 7) is 4.36. The van der Waals surface area contributed by atoms with E-state index in [0.717, 1.165) is 16.7 Å². The first-order chi connectivity index (χ1) is 17.9. The number of hydrogen-bond donors (Lipinski definition) is 2. The first-order valence-electron chi connectivity index (χ1n) is 12.1. The van der Waals surface area contributed by atoms with Crippen molar-refractivity contribution < 1.29 is 19.2 Å². The van der Waals surface area contributed by atoms with E-state index >= 15 is 0 Å². The van der Waals surface area contributed by atoms with E-state index in [9.17, 15) is 9.90 Å². The number of methoxy groups -OCH3 is 1. The Bertz CT molecular complexity index is 1460. The number of hydrogen-bond acceptors (Lipinski definition) is 6. The van der Waals surface area contributed by atoms with E-state index in [2.05, 4.69) is 10.5 Å². The molecule has 0 saturated heterocycles. The number of aryl methyl sites for hydroxylation is 1. The number of benzene rings is 3. The predicted molar refractivity (Wildman–Crippen MR) is 140 cm³/mol. The Morgan fingerprint density at radius 2 is 1.86 bits per heavy atom. The summed E-state index contributed by atoms with van der Waals surface area (Å²) in [4.78, 5) is 19.7. The third-order valence-corrected chi connectivity index (χ3v) is 6.53. The van der Waals surface area contributed by atoms with Crippen molar-refractivity contribution in [2.45, 2.75) is 26.3 Å². The Hall–Kier alpha value is -4.59. The number of allylic oxidation sites excluding steroid dienone is 1. The molecule has 0 saturated carbocycles. The van der Waals surface area contributed by atoms with Gasteiger partial charge in [0.2, 0.25) is 5.82 Å². The van der Waals surface area contributed by atoms with Crippen LogP contribution in [0.3, 0.4) is 0 Å². The highest BCUT2D eigenvalue weighted by atomic mass is 16.5. The average Bonchev–Trinajstić information content (AvgIpc) is 3.38. The number of nitrogens with zero attached hydrogens (tertiary/aromatic N) is 3. The lowest BCUT2D eigenvalue weighted by Gasteiger charge is -2.35. The molecule has 37 heavy (non-hydrogen) atoms. The van der Waals surface area contributed by atoms with Crippen molar-refractivity contribution in [2.24, 2.45) is 0 Å². The zero-order valence-corrected chi connectivity index (χ0v) is 20.9. The van der Waals surface area contributed by atoms with Gasteiger partial charge in [0.05, 0.1) is 18.7 Å². The molecule has 1 atom stereocenters. The van der Waals surface area contributed by atoms with Gasteiger partial charge in [-0.3, -0.25) is 4.90 Å². The molecule has 8 nitrogen and oxygen atoms in total. The molecule has 188 valence electrons. The number of phenolic OH excluding ortho intramolecular Hbond substituents is 1. The summed E-state index contributed by atoms with van der Waals surface area (Å²) in [7, 11) is 1.49. The van der Waals surface area contributed by atoms with Crippen molar-refractivity contribution in [3.63, 3.8) is 0 Å². The summed E-state index contributed by atoms with van der Waals surface area (Å²) in [6.07, 6.45) is 0.686. The standard InChI is InChI=1S/C29H28N4O4/c1-18-8-7-11-22(16-18)27-31-28(37-32-27)25-19(2)33(15-14-20-9-5-4-6-10-20)29(35)30-26(25)21-12-13-24(36-3)23(34)17-21/h4-13,16-17,26,34H,14-15H2,1-3H3,(H,30,35). The van der Waals surface area contributed by atoms with Crippen molar-refractivity contribution in [3.05, 3.63) is 101 Å². The van der Waals surface area contributed by atoms with E-state index in [1.54, 1.807) is 23.1 Å². The number of rotatable bonds is 7. The van der Waals surface area contributed by atoms with Crippen LogP contribution < -0.4 is 10.1 Å². The number of urea groups is 1. The monoisotopic (exact) mass is 496 g/mol. The molecule has 0 bridgehead atoms. The van der Waals surface area contributed by atoms with E-state index in [0.29, 0.717) is 47.3 Å². The molecule has 8 heteroatoms. The molecule has 1 unspecified atom stereocenters. The van der Waals surface area contributed by atoms with Crippen LogP contribution in [0, 0.1) is 6.92 Å². The molecule has 2 amide bonds. The number of aromatic hydroxyl groups is 1. The van der Waals surface area contributed by atoms with Crippen LogP contribution in [0.5, 0.6) is 11.5 Å². The summed E-state index contributed by atoms with van der Waals surface area (Å²) < 4.78 is 11.0. The molecule has 0 fully saturated rings. The van der Waals surface area contributed by atoms with Crippen molar-refractivity contribution in [1.29, 1.82) is 0 Å². The molecule has 1 aliphatic heterocycles. The van der Waals surface area contributed by atoms with Crippen LogP contribution in [0.15, 0.2) is 83.0 Å². The maximum absolute atomic E-state index is 13.3. The fraction of sp³-hybridized carbons (Fsp3) is 0.207. The zero-order chi connectivity index (χ0) is 25.9. The van der Waals surface area contributed by atoms with Gasteiger partial charge < -0.3 is 19.7 Å². The number of aromatic nitrogens is 2. The highest BCUT2D eigenvalue weighted by Crippen LogP contribution is 2.39. The van der Waals surface area contributed by atoms with Crippen LogP contribution in [0.2, 0.25) is 0 Å². The number of carbonyl (C=O) groups is 1. The second-order valence-electron chi connectivity index (χ2n) is 8.99. The van der Waals surface area contributed by atoms with E-state index < -0.39 is 6.04 Å². The van der Waals surface area contributed by atoms with Gasteiger partial charge in [-0.2, -0.15) is 4.98 Å². The Labute approximate surface area is 215 Å². The van der Waals surface area contributed by atoms with E-state index in [4.69, 9.17) is 14.2 Å². The average molecular weight is 497 g/mol. The Kier molecular flexibility index (Phi) is 6.64. The normalized spacial score (nSPS) is 15.6. The first-order valence-corrected chi connectivity index (χ1v) is 12.1. The molecule has 2 N–H and O–H groups in total. The quantitative estimate of drug-likeness (QED) is 0.350. The molecule has 5 rings (SSSR count). The minimum atomic E-state index is -0.608. The second-order valence-corrected chi connectivity index (χ2v) is 8.99. The van der Waals surface area contributed by atoms with Crippen molar-refractivity contribution in [3.8, 4) is 22.9 Å². The summed E-state index contributed by atoms with van der Waals surface area (Å²) in [5.41, 5.74) is 5.10. The molecular weight excluding hydrogens is 468 g/mol. The van der Waals surface area contributed by atoms with Gasteiger partial charge in [0.1, 0.15) is 0 Å². The van der Waals surface area contributed by atoms with Crippen LogP contribution in [-0.2, 0) is 6.42 Å². The number of amides is 2. The van der Waals surface area contributed by atoms with E-state index in [1.165, 1.54) is 7.11 Å². The maximum atomic E-state index is 13.3. The van der Waals surface area contributed by atoms with Gasteiger partial charge in [-0.15, -0.1) is 0 Å². The summed E-state index contributed by atoms with van der Waals surface area (Å²) >= 11 is 0. The highest BCUT2D eigenvalue weighted by molar-refractivity contribution is 5.87. The number of nitrogens with one attached hydrogen (secondary N) is 1.